The Balaban J connectivity index is 0.000000128. The first-order valence-corrected chi connectivity index (χ1v) is 38.4. The Morgan fingerprint density at radius 3 is 1.12 bits per heavy atom. The number of nitrogens with one attached hydrogen (secondary N) is 7. The van der Waals surface area contributed by atoms with E-state index in [0.29, 0.717) is 16.7 Å². The molecule has 6 aromatic rings. The number of benzene rings is 3. The molecule has 12 atom stereocenters. The zero-order chi connectivity index (χ0) is 80.2. The highest BCUT2D eigenvalue weighted by molar-refractivity contribution is 8.15. The van der Waals surface area contributed by atoms with E-state index >= 15 is 13.2 Å². The van der Waals surface area contributed by atoms with E-state index in [-0.39, 0.29) is 201 Å². The van der Waals surface area contributed by atoms with Crippen LogP contribution in [0.3, 0.4) is 0 Å². The molecule has 0 aliphatic carbocycles. The number of carbonyl (C=O) groups is 13. The van der Waals surface area contributed by atoms with Crippen molar-refractivity contribution < 1.29 is 103 Å². The minimum Gasteiger partial charge on any atom is -0.372 e. The second kappa shape index (κ2) is 28.1. The molecule has 3 aromatic carbocycles. The number of thioether (sulfide) groups is 3. The molecule has 0 saturated carbocycles. The fraction of sp³-hybridized carbons (Fsp3) is 0.500. The molecule has 3 spiro atoms. The van der Waals surface area contributed by atoms with Gasteiger partial charge in [-0.15, -0.1) is 0 Å². The molecule has 9 fully saturated rings. The van der Waals surface area contributed by atoms with E-state index in [4.69, 9.17) is 39.0 Å². The standard InChI is InChI=1S/C24H25FN6O7S.C22H21FN8O6S.C22H23FN6O6S/c1-9-7-30-16-12(5-24(18(30)10(2)37-9)20(33)27-22(35)28-21(24)34)4-14-17(15(16)25)38-29-19(14)31-8-13(39-23(31)36)6-26-11(3)32;1-8-6-30-14-10(4-22(16(30)9(2)36-8)18(32)26-20(34)27-19(22)33)3-12-15(13(14)23)37-28-17(12)31-7-11(5-25-29-24)38-21(31)35;1-8-6-28-14-10(4-22(16(28)9(2)34-8)18(30)25-20(32)26-19(22)31)3-12-15(13(14)23)35-27-17(12)29-7-11(5-24)36-21(29)33/h4,9-10,13,18H,5-8H2,1-3H3,(H,26,32)(H2,27,28,33,34,35);3,8-9,11,16H,4-7H2,1-2H3,(H2,26,27,32,33,34);3,8-9,11,16H,4-7,24H2,1-2H3,(H2,25,26,30,31,32)/t9-,10+,13+,18-;2*8-,9+,11+,16-/m111/s1. The summed E-state index contributed by atoms with van der Waals surface area (Å²) in [4.78, 5) is 177. The lowest BCUT2D eigenvalue weighted by Crippen LogP contribution is -2.75. The Morgan fingerprint density at radius 1 is 0.513 bits per heavy atom. The maximum atomic E-state index is 16.2. The van der Waals surface area contributed by atoms with Crippen LogP contribution in [-0.2, 0) is 67.0 Å². The Hall–Kier alpha value is -10.8. The lowest BCUT2D eigenvalue weighted by atomic mass is 9.66. The smallest absolute Gasteiger partial charge is 0.328 e. The highest BCUT2D eigenvalue weighted by atomic mass is 32.2. The Morgan fingerprint density at radius 2 is 0.814 bits per heavy atom. The van der Waals surface area contributed by atoms with Crippen LogP contribution in [0.5, 0.6) is 0 Å². The molecule has 0 bridgehead atoms. The zero-order valence-electron chi connectivity index (χ0n) is 60.7. The number of aromatic nitrogens is 3. The van der Waals surface area contributed by atoms with Gasteiger partial charge in [0.15, 0.2) is 51.2 Å². The van der Waals surface area contributed by atoms with Gasteiger partial charge in [0.2, 0.25) is 58.1 Å². The molecule has 0 unspecified atom stereocenters. The van der Waals surface area contributed by atoms with Crippen molar-refractivity contribution in [1.29, 1.82) is 0 Å². The number of halogens is 3. The quantitative estimate of drug-likeness (QED) is 0.0460. The minimum absolute atomic E-state index is 0.0789. The number of urea groups is 3. The van der Waals surface area contributed by atoms with Crippen molar-refractivity contribution >= 4 is 178 Å². The largest absolute Gasteiger partial charge is 0.372 e. The fourth-order valence-electron chi connectivity index (χ4n) is 18.2. The van der Waals surface area contributed by atoms with Crippen molar-refractivity contribution in [1.82, 2.24) is 52.7 Å². The van der Waals surface area contributed by atoms with Gasteiger partial charge in [-0.05, 0) is 82.0 Å². The molecule has 39 nitrogen and oxygen atoms in total. The number of carbonyl (C=O) groups excluding carboxylic acids is 13. The van der Waals surface area contributed by atoms with Crippen molar-refractivity contribution in [2.45, 2.75) is 138 Å². The van der Waals surface area contributed by atoms with Gasteiger partial charge in [-0.1, -0.05) is 55.9 Å². The molecule has 9 saturated heterocycles. The predicted molar refractivity (Wildman–Crippen MR) is 393 cm³/mol. The van der Waals surface area contributed by atoms with Gasteiger partial charge in [0.05, 0.1) is 88.0 Å². The molecule has 12 aliphatic rings. The van der Waals surface area contributed by atoms with E-state index in [9.17, 15) is 62.3 Å². The van der Waals surface area contributed by atoms with E-state index in [0.717, 1.165) is 35.3 Å². The van der Waals surface area contributed by atoms with Gasteiger partial charge in [-0.25, -0.2) is 27.6 Å². The molecule has 3 aromatic heterocycles. The molecule has 113 heavy (non-hydrogen) atoms. The highest BCUT2D eigenvalue weighted by Gasteiger charge is 2.67. The average molecular weight is 1620 g/mol. The third-order valence-corrected chi connectivity index (χ3v) is 25.6. The van der Waals surface area contributed by atoms with Crippen LogP contribution in [0.4, 0.5) is 76.5 Å². The summed E-state index contributed by atoms with van der Waals surface area (Å²) in [5, 5.41) is 30.3. The molecule has 594 valence electrons. The molecule has 9 N–H and O–H groups in total. The van der Waals surface area contributed by atoms with Crippen LogP contribution in [0.25, 0.3) is 43.4 Å². The summed E-state index contributed by atoms with van der Waals surface area (Å²) in [7, 11) is 0. The summed E-state index contributed by atoms with van der Waals surface area (Å²) in [6, 6.07) is -0.708. The number of nitrogens with two attached hydrogens (primary N) is 1. The number of barbiturate groups is 3. The number of azide groups is 1. The van der Waals surface area contributed by atoms with Crippen LogP contribution in [0.2, 0.25) is 0 Å². The van der Waals surface area contributed by atoms with Gasteiger partial charge in [0, 0.05) is 106 Å². The molecular weight excluding hydrogens is 1550 g/mol. The molecule has 18 rings (SSSR count). The van der Waals surface area contributed by atoms with E-state index in [1.807, 2.05) is 6.92 Å². The van der Waals surface area contributed by atoms with E-state index in [1.54, 1.807) is 67.5 Å². The molecular formula is C68H69F3N20O19S3. The average Bonchev–Trinajstić information content (AvgIpc) is 1.48. The van der Waals surface area contributed by atoms with E-state index < -0.39 is 124 Å². The van der Waals surface area contributed by atoms with Crippen molar-refractivity contribution in [3.8, 4) is 0 Å². The first kappa shape index (κ1) is 76.2. The van der Waals surface area contributed by atoms with Gasteiger partial charge in [0.1, 0.15) is 0 Å². The third-order valence-electron chi connectivity index (χ3n) is 22.4. The second-order valence-corrected chi connectivity index (χ2v) is 33.3. The predicted octanol–water partition coefficient (Wildman–Crippen LogP) is 4.10. The Labute approximate surface area is 647 Å². The zero-order valence-corrected chi connectivity index (χ0v) is 63.2. The van der Waals surface area contributed by atoms with Gasteiger partial charge in [-0.2, -0.15) is 0 Å². The number of hydrogen-bond donors (Lipinski definition) is 8. The van der Waals surface area contributed by atoms with Crippen molar-refractivity contribution in [3.05, 3.63) is 62.8 Å². The number of amides is 16. The number of ether oxygens (including phenoxy) is 3. The number of nitrogens with zero attached hydrogens (tertiary/aromatic N) is 12. The molecule has 12 aliphatic heterocycles. The topological polar surface area (TPSA) is 506 Å². The third kappa shape index (κ3) is 12.0. The summed E-state index contributed by atoms with van der Waals surface area (Å²) in [6.45, 7) is 13.7. The fourth-order valence-corrected chi connectivity index (χ4v) is 21.0. The maximum absolute atomic E-state index is 16.2. The summed E-state index contributed by atoms with van der Waals surface area (Å²) < 4.78 is 82.6. The first-order chi connectivity index (χ1) is 53.8. The summed E-state index contributed by atoms with van der Waals surface area (Å²) >= 11 is 3.07. The normalized spacial score (nSPS) is 28.5. The summed E-state index contributed by atoms with van der Waals surface area (Å²) in [5.41, 5.74) is 10.0. The molecule has 16 amide bonds. The molecule has 15 heterocycles. The monoisotopic (exact) mass is 1620 g/mol. The van der Waals surface area contributed by atoms with Crippen LogP contribution in [0.15, 0.2) is 36.9 Å². The van der Waals surface area contributed by atoms with Crippen LogP contribution < -0.4 is 72.4 Å². The number of hydrogen-bond acceptors (Lipinski definition) is 30. The van der Waals surface area contributed by atoms with E-state index in [1.165, 1.54) is 21.6 Å². The van der Waals surface area contributed by atoms with Crippen LogP contribution in [0.1, 0.15) is 65.2 Å². The lowest BCUT2D eigenvalue weighted by Gasteiger charge is -2.55. The summed E-state index contributed by atoms with van der Waals surface area (Å²) in [5.74, 6) is -6.80. The van der Waals surface area contributed by atoms with Crippen LogP contribution in [-0.4, -0.2) is 220 Å². The second-order valence-electron chi connectivity index (χ2n) is 29.6. The number of imide groups is 6. The molecule has 45 heteroatoms. The Kier molecular flexibility index (Phi) is 18.9. The van der Waals surface area contributed by atoms with Gasteiger partial charge >= 0.3 is 18.1 Å². The van der Waals surface area contributed by atoms with Gasteiger partial charge in [0.25, 0.3) is 15.7 Å². The van der Waals surface area contributed by atoms with Crippen LogP contribution >= 0.6 is 35.3 Å². The van der Waals surface area contributed by atoms with E-state index in [2.05, 4.69) is 62.7 Å². The van der Waals surface area contributed by atoms with Gasteiger partial charge < -0.3 is 53.5 Å². The number of morpholine rings is 3. The summed E-state index contributed by atoms with van der Waals surface area (Å²) in [6.07, 6.45) is -3.64. The maximum Gasteiger partial charge on any atom is 0.328 e. The Bertz CT molecular complexity index is 5230. The number of rotatable bonds is 8. The molecule has 0 radical (unpaired) electrons. The number of fused-ring (bicyclic) bond motifs is 15. The highest BCUT2D eigenvalue weighted by Crippen LogP contribution is 2.55. The lowest BCUT2D eigenvalue weighted by molar-refractivity contribution is -0.154. The van der Waals surface area contributed by atoms with Crippen molar-refractivity contribution in [3.63, 3.8) is 0 Å². The van der Waals surface area contributed by atoms with Crippen molar-refractivity contribution in [2.24, 2.45) is 27.1 Å². The SMILES string of the molecule is CC(=O)NC[C@H]1CN(c2noc3c(F)c4c(cc23)CC2(C(=O)NC(=O)NC2=O)[C@H]2[C@H](C)O[C@H](C)CN42)C(=O)S1.C[C@@H]1CN2c3c(cc4c(N5C[C@H](CN)SC5=O)noc4c3F)CC3(C(=O)NC(=O)NC3=O)[C@H]2[C@H](C)O1.C[C@@H]1CN2c3c(cc4c(N5C[C@H](CN=[N+]=[N-])SC5=O)noc4c3F)CC3(C(=O)NC(=O)NC3=O)[C@H]2[C@H](C)O1. The van der Waals surface area contributed by atoms with Crippen LogP contribution in [0, 0.1) is 33.7 Å². The number of anilines is 6. The first-order valence-electron chi connectivity index (χ1n) is 35.8. The van der Waals surface area contributed by atoms with Crippen molar-refractivity contribution in [2.75, 3.05) is 88.3 Å². The van der Waals surface area contributed by atoms with Gasteiger partial charge in [-0.3, -0.25) is 94.5 Å². The minimum atomic E-state index is -1.78.